The zero-order valence-corrected chi connectivity index (χ0v) is 23.6. The van der Waals surface area contributed by atoms with E-state index in [1.54, 1.807) is 7.11 Å². The quantitative estimate of drug-likeness (QED) is 0.281. The van der Waals surface area contributed by atoms with Gasteiger partial charge >= 0.3 is 0 Å². The van der Waals surface area contributed by atoms with E-state index in [1.165, 1.54) is 60.3 Å². The third-order valence-electron chi connectivity index (χ3n) is 8.50. The minimum atomic E-state index is 0.314. The lowest BCUT2D eigenvalue weighted by molar-refractivity contribution is 0.183. The Morgan fingerprint density at radius 1 is 0.949 bits per heavy atom. The number of methoxy groups -OCH3 is 1. The maximum atomic E-state index is 9.89. The van der Waals surface area contributed by atoms with Gasteiger partial charge in [-0.2, -0.15) is 0 Å². The van der Waals surface area contributed by atoms with Crippen molar-refractivity contribution in [2.24, 2.45) is 0 Å². The van der Waals surface area contributed by atoms with Gasteiger partial charge in [0.25, 0.3) is 0 Å². The summed E-state index contributed by atoms with van der Waals surface area (Å²) < 4.78 is 11.6. The molecule has 2 atom stereocenters. The number of aromatic hydroxyl groups is 1. The number of rotatable bonds is 11. The maximum Gasteiger partial charge on any atom is 0.120 e. The highest BCUT2D eigenvalue weighted by Gasteiger charge is 2.24. The molecule has 5 heteroatoms. The fourth-order valence-electron chi connectivity index (χ4n) is 6.15. The molecule has 0 radical (unpaired) electrons. The Bertz CT molecular complexity index is 1200. The van der Waals surface area contributed by atoms with Crippen LogP contribution in [0.5, 0.6) is 17.2 Å². The summed E-state index contributed by atoms with van der Waals surface area (Å²) in [6.07, 6.45) is 9.04. The van der Waals surface area contributed by atoms with E-state index in [0.717, 1.165) is 56.8 Å². The van der Waals surface area contributed by atoms with E-state index in [-0.39, 0.29) is 0 Å². The number of likely N-dealkylation sites (tertiary alicyclic amines) is 1. The molecule has 1 heterocycles. The number of nitrogens with zero attached hydrogens (tertiary/aromatic N) is 1. The fourth-order valence-corrected chi connectivity index (χ4v) is 6.15. The topological polar surface area (TPSA) is 54.0 Å². The summed E-state index contributed by atoms with van der Waals surface area (Å²) in [5.41, 5.74) is 6.46. The summed E-state index contributed by atoms with van der Waals surface area (Å²) in [5.74, 6) is 2.64. The van der Waals surface area contributed by atoms with Crippen LogP contribution < -0.4 is 14.8 Å². The standard InChI is InChI=1S/C34H44N2O3/c1-3-29(21-25-7-13-31(14-8-25)39-20-19-36-17-5-4-6-18-36)35-34-24-32(38-2)15-16-33(34)28-10-9-27-23-30(37)12-11-26(27)22-28/h7-8,11-16,23-24,28-29,35,37H,3-6,9-10,17-22H2,1-2H3. The highest BCUT2D eigenvalue weighted by atomic mass is 16.5. The Kier molecular flexibility index (Phi) is 9.31. The number of phenols is 1. The largest absolute Gasteiger partial charge is 0.508 e. The number of nitrogens with one attached hydrogen (secondary N) is 1. The van der Waals surface area contributed by atoms with Gasteiger partial charge in [-0.05, 0) is 117 Å². The lowest BCUT2D eigenvalue weighted by atomic mass is 9.79. The second-order valence-electron chi connectivity index (χ2n) is 11.2. The van der Waals surface area contributed by atoms with Crippen LogP contribution in [0.15, 0.2) is 60.7 Å². The molecule has 0 amide bonds. The third kappa shape index (κ3) is 7.27. The Morgan fingerprint density at radius 2 is 1.74 bits per heavy atom. The summed E-state index contributed by atoms with van der Waals surface area (Å²) in [6.45, 7) is 6.44. The Hall–Kier alpha value is -3.18. The molecule has 5 nitrogen and oxygen atoms in total. The molecular formula is C34H44N2O3. The number of anilines is 1. The molecule has 2 unspecified atom stereocenters. The van der Waals surface area contributed by atoms with Crippen LogP contribution >= 0.6 is 0 Å². The first-order valence-electron chi connectivity index (χ1n) is 14.8. The number of aryl methyl sites for hydroxylation is 1. The van der Waals surface area contributed by atoms with Crippen molar-refractivity contribution >= 4 is 5.69 Å². The average Bonchev–Trinajstić information content (AvgIpc) is 2.98. The van der Waals surface area contributed by atoms with Crippen LogP contribution in [0.3, 0.4) is 0 Å². The summed E-state index contributed by atoms with van der Waals surface area (Å²) in [6, 6.07) is 21.3. The molecule has 1 aliphatic heterocycles. The van der Waals surface area contributed by atoms with E-state index in [2.05, 4.69) is 65.7 Å². The Morgan fingerprint density at radius 3 is 2.51 bits per heavy atom. The first kappa shape index (κ1) is 27.4. The van der Waals surface area contributed by atoms with Crippen molar-refractivity contribution in [3.05, 3.63) is 82.9 Å². The highest BCUT2D eigenvalue weighted by Crippen LogP contribution is 2.39. The monoisotopic (exact) mass is 528 g/mol. The van der Waals surface area contributed by atoms with Crippen molar-refractivity contribution in [1.82, 2.24) is 4.90 Å². The van der Waals surface area contributed by atoms with Crippen molar-refractivity contribution < 1.29 is 14.6 Å². The summed E-state index contributed by atoms with van der Waals surface area (Å²) in [7, 11) is 1.73. The van der Waals surface area contributed by atoms with E-state index in [4.69, 9.17) is 9.47 Å². The highest BCUT2D eigenvalue weighted by molar-refractivity contribution is 5.58. The average molecular weight is 529 g/mol. The van der Waals surface area contributed by atoms with Crippen LogP contribution in [0.2, 0.25) is 0 Å². The number of hydrogen-bond acceptors (Lipinski definition) is 5. The van der Waals surface area contributed by atoms with Gasteiger partial charge in [0.05, 0.1) is 7.11 Å². The zero-order chi connectivity index (χ0) is 27.0. The molecule has 2 aliphatic rings. The van der Waals surface area contributed by atoms with Crippen molar-refractivity contribution in [1.29, 1.82) is 0 Å². The molecule has 1 saturated heterocycles. The smallest absolute Gasteiger partial charge is 0.120 e. The summed E-state index contributed by atoms with van der Waals surface area (Å²) in [5, 5.41) is 13.8. The van der Waals surface area contributed by atoms with Crippen molar-refractivity contribution in [2.75, 3.05) is 38.7 Å². The molecule has 0 bridgehead atoms. The third-order valence-corrected chi connectivity index (χ3v) is 8.50. The maximum absolute atomic E-state index is 9.89. The molecule has 0 aromatic heterocycles. The molecule has 5 rings (SSSR count). The minimum Gasteiger partial charge on any atom is -0.508 e. The van der Waals surface area contributed by atoms with Crippen molar-refractivity contribution in [3.63, 3.8) is 0 Å². The van der Waals surface area contributed by atoms with Gasteiger partial charge in [0.1, 0.15) is 23.9 Å². The van der Waals surface area contributed by atoms with Crippen LogP contribution in [-0.2, 0) is 19.3 Å². The minimum absolute atomic E-state index is 0.314. The molecule has 1 aliphatic carbocycles. The van der Waals surface area contributed by atoms with Crippen LogP contribution in [0.4, 0.5) is 5.69 Å². The van der Waals surface area contributed by atoms with Gasteiger partial charge in [0, 0.05) is 24.3 Å². The van der Waals surface area contributed by atoms with E-state index < -0.39 is 0 Å². The van der Waals surface area contributed by atoms with Crippen LogP contribution in [-0.4, -0.2) is 49.4 Å². The van der Waals surface area contributed by atoms with E-state index >= 15 is 0 Å². The van der Waals surface area contributed by atoms with Gasteiger partial charge in [-0.3, -0.25) is 4.90 Å². The predicted octanol–water partition coefficient (Wildman–Crippen LogP) is 6.97. The summed E-state index contributed by atoms with van der Waals surface area (Å²) >= 11 is 0. The van der Waals surface area contributed by atoms with E-state index in [9.17, 15) is 5.11 Å². The number of hydrogen-bond donors (Lipinski definition) is 2. The predicted molar refractivity (Wildman–Crippen MR) is 160 cm³/mol. The molecule has 3 aromatic carbocycles. The van der Waals surface area contributed by atoms with Crippen LogP contribution in [0.25, 0.3) is 0 Å². The van der Waals surface area contributed by atoms with Gasteiger partial charge in [0.15, 0.2) is 0 Å². The van der Waals surface area contributed by atoms with E-state index in [1.807, 2.05) is 12.1 Å². The molecule has 1 fully saturated rings. The fraction of sp³-hybridized carbons (Fsp3) is 0.471. The van der Waals surface area contributed by atoms with Crippen LogP contribution in [0.1, 0.15) is 67.2 Å². The molecule has 3 aromatic rings. The second-order valence-corrected chi connectivity index (χ2v) is 11.2. The second kappa shape index (κ2) is 13.3. The first-order valence-corrected chi connectivity index (χ1v) is 14.8. The first-order chi connectivity index (χ1) is 19.1. The molecule has 39 heavy (non-hydrogen) atoms. The van der Waals surface area contributed by atoms with Gasteiger partial charge in [-0.1, -0.05) is 37.6 Å². The number of piperidine rings is 1. The molecule has 0 spiro atoms. The van der Waals surface area contributed by atoms with Gasteiger partial charge in [-0.15, -0.1) is 0 Å². The Labute approximate surface area is 234 Å². The van der Waals surface area contributed by atoms with E-state index in [0.29, 0.717) is 17.7 Å². The molecular weight excluding hydrogens is 484 g/mol. The number of ether oxygens (including phenoxy) is 2. The van der Waals surface area contributed by atoms with Gasteiger partial charge in [-0.25, -0.2) is 0 Å². The number of phenolic OH excluding ortho intramolecular Hbond substituents is 1. The molecule has 0 saturated carbocycles. The van der Waals surface area contributed by atoms with Gasteiger partial charge in [0.2, 0.25) is 0 Å². The van der Waals surface area contributed by atoms with Crippen molar-refractivity contribution in [2.45, 2.75) is 70.3 Å². The van der Waals surface area contributed by atoms with Crippen LogP contribution in [0, 0.1) is 0 Å². The Balaban J connectivity index is 1.22. The lowest BCUT2D eigenvalue weighted by Gasteiger charge is -2.29. The van der Waals surface area contributed by atoms with Gasteiger partial charge < -0.3 is 19.9 Å². The number of benzene rings is 3. The molecule has 2 N–H and O–H groups in total. The zero-order valence-electron chi connectivity index (χ0n) is 23.6. The van der Waals surface area contributed by atoms with Crippen molar-refractivity contribution in [3.8, 4) is 17.2 Å². The molecule has 208 valence electrons. The number of fused-ring (bicyclic) bond motifs is 1. The summed E-state index contributed by atoms with van der Waals surface area (Å²) in [4.78, 5) is 2.51. The lowest BCUT2D eigenvalue weighted by Crippen LogP contribution is -2.33. The normalized spacial score (nSPS) is 18.3. The SMILES string of the molecule is CCC(Cc1ccc(OCCN2CCCCC2)cc1)Nc1cc(OC)ccc1C1CCc2cc(O)ccc2C1.